The highest BCUT2D eigenvalue weighted by Crippen LogP contribution is 2.22. The highest BCUT2D eigenvalue weighted by Gasteiger charge is 2.22. The van der Waals surface area contributed by atoms with Crippen LogP contribution in [0.15, 0.2) is 0 Å². The lowest BCUT2D eigenvalue weighted by molar-refractivity contribution is -0.137. The molecule has 1 fully saturated rings. The summed E-state index contributed by atoms with van der Waals surface area (Å²) in [4.78, 5) is 85.2. The van der Waals surface area contributed by atoms with E-state index in [0.29, 0.717) is 12.2 Å². The van der Waals surface area contributed by atoms with Crippen LogP contribution in [0.4, 0.5) is 0 Å². The molecule has 0 radical (unpaired) electrons. The fourth-order valence-electron chi connectivity index (χ4n) is 2.58. The van der Waals surface area contributed by atoms with E-state index in [-0.39, 0.29) is 37.7 Å². The molecule has 7 amide bonds. The average molecular weight is 534 g/mol. The first-order chi connectivity index (χ1) is 16.6. The Balaban J connectivity index is 2.81. The Hall–Kier alpha value is -3.01. The van der Waals surface area contributed by atoms with Crippen LogP contribution in [0.5, 0.6) is 0 Å². The van der Waals surface area contributed by atoms with Gasteiger partial charge in [-0.2, -0.15) is 0 Å². The third kappa shape index (κ3) is 13.5. The normalized spacial score (nSPS) is 21.2. The van der Waals surface area contributed by atoms with Gasteiger partial charge in [-0.05, 0) is 6.42 Å². The van der Waals surface area contributed by atoms with Crippen LogP contribution < -0.4 is 32.3 Å². The molecule has 35 heavy (non-hydrogen) atoms. The number of hydrogen-bond donors (Lipinski definition) is 6. The summed E-state index contributed by atoms with van der Waals surface area (Å²) in [5.74, 6) is -3.58. The second kappa shape index (κ2) is 16.6. The number of amides is 7. The van der Waals surface area contributed by atoms with Gasteiger partial charge in [0.05, 0.1) is 32.7 Å². The molecule has 0 aromatic rings. The molecule has 14 nitrogen and oxygen atoms in total. The largest absolute Gasteiger partial charge is 0.368 e. The Morgan fingerprint density at radius 2 is 1.40 bits per heavy atom. The van der Waals surface area contributed by atoms with E-state index in [1.807, 2.05) is 6.92 Å². The van der Waals surface area contributed by atoms with Gasteiger partial charge in [-0.15, -0.1) is 0 Å². The lowest BCUT2D eigenvalue weighted by Crippen LogP contribution is -2.51. The number of nitrogens with two attached hydrogens (primary N) is 1. The minimum atomic E-state index is -0.985. The van der Waals surface area contributed by atoms with Crippen molar-refractivity contribution in [2.24, 2.45) is 5.73 Å². The summed E-state index contributed by atoms with van der Waals surface area (Å²) in [5.41, 5.74) is 5.37. The van der Waals surface area contributed by atoms with Gasteiger partial charge >= 0.3 is 0 Å². The van der Waals surface area contributed by atoms with Crippen molar-refractivity contribution >= 4 is 62.9 Å². The molecule has 1 rings (SSSR count). The van der Waals surface area contributed by atoms with E-state index < -0.39 is 61.1 Å². The van der Waals surface area contributed by atoms with E-state index >= 15 is 0 Å². The molecule has 196 valence electrons. The molecule has 1 atom stereocenters. The van der Waals surface area contributed by atoms with Crippen molar-refractivity contribution in [3.05, 3.63) is 0 Å². The summed E-state index contributed by atoms with van der Waals surface area (Å²) in [6, 6.07) is -0.985. The number of primary amides is 1. The van der Waals surface area contributed by atoms with Crippen molar-refractivity contribution in [2.75, 3.05) is 50.8 Å². The van der Waals surface area contributed by atoms with Gasteiger partial charge in [0.1, 0.15) is 6.04 Å². The fraction of sp³-hybridized carbons (Fsp3) is 0.632. The van der Waals surface area contributed by atoms with E-state index in [2.05, 4.69) is 26.6 Å². The summed E-state index contributed by atoms with van der Waals surface area (Å²) < 4.78 is 0. The second-order valence-corrected chi connectivity index (χ2v) is 9.93. The van der Waals surface area contributed by atoms with Crippen molar-refractivity contribution in [2.45, 2.75) is 25.8 Å². The minimum Gasteiger partial charge on any atom is -0.368 e. The topological polar surface area (TPSA) is 209 Å². The average Bonchev–Trinajstić information content (AvgIpc) is 2.81. The smallest absolute Gasteiger partial charge is 0.242 e. The molecule has 0 aromatic heterocycles. The molecule has 1 aliphatic heterocycles. The Morgan fingerprint density at radius 1 is 0.857 bits per heavy atom. The number of carbonyl (C=O) groups is 7. The molecule has 1 aliphatic rings. The molecule has 7 N–H and O–H groups in total. The van der Waals surface area contributed by atoms with Crippen LogP contribution in [0, 0.1) is 0 Å². The van der Waals surface area contributed by atoms with E-state index in [1.54, 1.807) is 0 Å². The van der Waals surface area contributed by atoms with Gasteiger partial charge in [0.25, 0.3) is 0 Å². The zero-order valence-electron chi connectivity index (χ0n) is 19.3. The molecular formula is C19H31N7O7S2. The predicted molar refractivity (Wildman–Crippen MR) is 130 cm³/mol. The van der Waals surface area contributed by atoms with Crippen LogP contribution in [-0.2, 0) is 33.6 Å². The number of hydrogen-bond acceptors (Lipinski definition) is 9. The van der Waals surface area contributed by atoms with Crippen molar-refractivity contribution in [1.29, 1.82) is 0 Å². The summed E-state index contributed by atoms with van der Waals surface area (Å²) in [7, 11) is 2.52. The maximum absolute atomic E-state index is 12.5. The number of carbonyl (C=O) groups excluding carboxylic acids is 7. The third-order valence-electron chi connectivity index (χ3n) is 4.36. The van der Waals surface area contributed by atoms with Crippen molar-refractivity contribution < 1.29 is 33.6 Å². The van der Waals surface area contributed by atoms with Crippen LogP contribution >= 0.6 is 21.6 Å². The van der Waals surface area contributed by atoms with Gasteiger partial charge < -0.3 is 37.2 Å². The highest BCUT2D eigenvalue weighted by molar-refractivity contribution is 8.76. The quantitative estimate of drug-likeness (QED) is 0.198. The fourth-order valence-corrected chi connectivity index (χ4v) is 4.74. The molecule has 0 aromatic carbocycles. The zero-order chi connectivity index (χ0) is 26.2. The Morgan fingerprint density at radius 3 is 1.94 bits per heavy atom. The SMILES string of the molecule is CCCN1CC(=O)N[C@H](C(N)=O)CSSCCC(=O)NCC(=O)NCC(=O)NCC(=O)NCC1=O. The maximum Gasteiger partial charge on any atom is 0.242 e. The Kier molecular flexibility index (Phi) is 14.2. The second-order valence-electron chi connectivity index (χ2n) is 7.30. The molecule has 0 spiro atoms. The predicted octanol–water partition coefficient (Wildman–Crippen LogP) is -3.55. The highest BCUT2D eigenvalue weighted by atomic mass is 33.1. The van der Waals surface area contributed by atoms with Crippen LogP contribution in [0.25, 0.3) is 0 Å². The molecular weight excluding hydrogens is 502 g/mol. The van der Waals surface area contributed by atoms with Gasteiger partial charge in [0, 0.05) is 24.5 Å². The minimum absolute atomic E-state index is 0.0994. The van der Waals surface area contributed by atoms with Crippen LogP contribution in [-0.4, -0.2) is 103 Å². The summed E-state index contributed by atoms with van der Waals surface area (Å²) in [6.07, 6.45) is 0.649. The lowest BCUT2D eigenvalue weighted by Gasteiger charge is -2.23. The number of rotatable bonds is 3. The molecule has 0 saturated carbocycles. The van der Waals surface area contributed by atoms with Crippen LogP contribution in [0.1, 0.15) is 19.8 Å². The lowest BCUT2D eigenvalue weighted by atomic mass is 10.3. The maximum atomic E-state index is 12.5. The molecule has 0 unspecified atom stereocenters. The van der Waals surface area contributed by atoms with Gasteiger partial charge in [0.2, 0.25) is 41.4 Å². The monoisotopic (exact) mass is 533 g/mol. The van der Waals surface area contributed by atoms with Gasteiger partial charge in [0.15, 0.2) is 0 Å². The number of nitrogens with one attached hydrogen (secondary N) is 5. The first kappa shape index (κ1) is 30.0. The molecule has 16 heteroatoms. The van der Waals surface area contributed by atoms with Gasteiger partial charge in [-0.25, -0.2) is 0 Å². The van der Waals surface area contributed by atoms with Gasteiger partial charge in [-0.3, -0.25) is 33.6 Å². The zero-order valence-corrected chi connectivity index (χ0v) is 21.0. The first-order valence-electron chi connectivity index (χ1n) is 10.8. The molecule has 1 saturated heterocycles. The standard InChI is InChI=1S/C19H31N7O7S2/c1-2-4-26-10-17(31)25-12(19(20)33)11-35-34-5-3-13(27)21-6-14(28)22-7-15(29)23-8-16(30)24-9-18(26)32/h12H,2-11H2,1H3,(H2,20,33)(H,21,27)(H,22,28)(H,23,29)(H,24,30)(H,25,31)/t12-/m0/s1. The van der Waals surface area contributed by atoms with Crippen molar-refractivity contribution in [1.82, 2.24) is 31.5 Å². The third-order valence-corrected chi connectivity index (χ3v) is 6.78. The van der Waals surface area contributed by atoms with Crippen LogP contribution in [0.2, 0.25) is 0 Å². The van der Waals surface area contributed by atoms with E-state index in [0.717, 1.165) is 0 Å². The summed E-state index contributed by atoms with van der Waals surface area (Å²) in [6.45, 7) is 0.173. The molecule has 1 heterocycles. The Labute approximate surface area is 210 Å². The number of nitrogens with zero attached hydrogens (tertiary/aromatic N) is 1. The van der Waals surface area contributed by atoms with E-state index in [1.165, 1.54) is 26.5 Å². The van der Waals surface area contributed by atoms with E-state index in [4.69, 9.17) is 5.73 Å². The van der Waals surface area contributed by atoms with Crippen molar-refractivity contribution in [3.63, 3.8) is 0 Å². The Bertz CT molecular complexity index is 812. The van der Waals surface area contributed by atoms with E-state index in [9.17, 15) is 33.6 Å². The van der Waals surface area contributed by atoms with Gasteiger partial charge in [-0.1, -0.05) is 28.5 Å². The van der Waals surface area contributed by atoms with Crippen molar-refractivity contribution in [3.8, 4) is 0 Å². The molecule has 0 bridgehead atoms. The summed E-state index contributed by atoms with van der Waals surface area (Å²) in [5, 5.41) is 11.9. The van der Waals surface area contributed by atoms with Crippen LogP contribution in [0.3, 0.4) is 0 Å². The molecule has 0 aliphatic carbocycles. The first-order valence-corrected chi connectivity index (χ1v) is 13.3. The summed E-state index contributed by atoms with van der Waals surface area (Å²) >= 11 is 0.